The van der Waals surface area contributed by atoms with Crippen LogP contribution in [0.2, 0.25) is 0 Å². The summed E-state index contributed by atoms with van der Waals surface area (Å²) in [4.78, 5) is 15.0. The summed E-state index contributed by atoms with van der Waals surface area (Å²) < 4.78 is 57.7. The van der Waals surface area contributed by atoms with E-state index in [0.717, 1.165) is 0 Å². The quantitative estimate of drug-likeness (QED) is 0.448. The molecule has 1 N–H and O–H groups in total. The van der Waals surface area contributed by atoms with Gasteiger partial charge in [-0.25, -0.2) is 8.78 Å². The van der Waals surface area contributed by atoms with Crippen molar-refractivity contribution in [3.05, 3.63) is 65.4 Å². The van der Waals surface area contributed by atoms with E-state index in [-0.39, 0.29) is 11.6 Å². The summed E-state index contributed by atoms with van der Waals surface area (Å²) in [5.41, 5.74) is 0.948. The number of Topliss-reactive ketones (excluding diaryl/α,β-unsaturated/α-hetero) is 1. The van der Waals surface area contributed by atoms with Crippen LogP contribution in [0.15, 0.2) is 36.5 Å². The molecule has 0 aliphatic heterocycles. The maximum atomic E-state index is 13.5. The van der Waals surface area contributed by atoms with E-state index in [1.54, 1.807) is 24.3 Å². The van der Waals surface area contributed by atoms with Crippen LogP contribution in [-0.4, -0.2) is 17.4 Å². The zero-order chi connectivity index (χ0) is 16.6. The molecule has 0 spiro atoms. The molecule has 3 aromatic rings. The molecule has 7 heteroatoms. The van der Waals surface area contributed by atoms with Crippen molar-refractivity contribution in [1.29, 1.82) is 0 Å². The van der Waals surface area contributed by atoms with E-state index >= 15 is 0 Å². The summed E-state index contributed by atoms with van der Waals surface area (Å²) in [7, 11) is 0. The van der Waals surface area contributed by atoms with E-state index in [9.17, 15) is 22.4 Å². The molecule has 3 nitrogen and oxygen atoms in total. The second kappa shape index (κ2) is 5.75. The number of aromatic amines is 1. The fraction of sp³-hybridized carbons (Fsp3) is 0.0625. The molecule has 0 amide bonds. The van der Waals surface area contributed by atoms with Crippen LogP contribution < -0.4 is 4.74 Å². The van der Waals surface area contributed by atoms with Gasteiger partial charge < -0.3 is 9.72 Å². The minimum Gasteiger partial charge on any atom is -0.479 e. The average molecular weight is 323 g/mol. The summed E-state index contributed by atoms with van der Waals surface area (Å²) in [5, 5.41) is 0.604. The Kier molecular flexibility index (Phi) is 3.77. The lowest BCUT2D eigenvalue weighted by atomic mass is 10.1. The molecule has 1 heterocycles. The number of aromatic nitrogens is 1. The fourth-order valence-electron chi connectivity index (χ4n) is 2.20. The summed E-state index contributed by atoms with van der Waals surface area (Å²) in [6, 6.07) is 6.98. The first kappa shape index (κ1) is 15.1. The Labute approximate surface area is 127 Å². The normalized spacial score (nSPS) is 11.0. The number of hydrogen-bond acceptors (Lipinski definition) is 2. The number of ether oxygens (including phenoxy) is 1. The minimum absolute atomic E-state index is 0.0685. The number of carbonyl (C=O) groups is 1. The highest BCUT2D eigenvalue weighted by Gasteiger charge is 2.22. The van der Waals surface area contributed by atoms with Crippen LogP contribution in [0.4, 0.5) is 17.6 Å². The van der Waals surface area contributed by atoms with Gasteiger partial charge in [0.05, 0.1) is 0 Å². The fourth-order valence-corrected chi connectivity index (χ4v) is 2.20. The third kappa shape index (κ3) is 2.65. The molecule has 3 rings (SSSR count). The molecule has 118 valence electrons. The first-order chi connectivity index (χ1) is 11.0. The van der Waals surface area contributed by atoms with Crippen LogP contribution in [0.1, 0.15) is 10.4 Å². The van der Waals surface area contributed by atoms with E-state index in [1.165, 1.54) is 6.20 Å². The van der Waals surface area contributed by atoms with Crippen molar-refractivity contribution < 1.29 is 27.1 Å². The van der Waals surface area contributed by atoms with E-state index in [4.69, 9.17) is 0 Å². The van der Waals surface area contributed by atoms with E-state index < -0.39 is 41.4 Å². The SMILES string of the molecule is O=C(COc1c(F)c(F)cc(F)c1F)c1c[nH]c2ccccc12. The molecule has 23 heavy (non-hydrogen) atoms. The van der Waals surface area contributed by atoms with Crippen molar-refractivity contribution >= 4 is 16.7 Å². The van der Waals surface area contributed by atoms with Crippen LogP contribution >= 0.6 is 0 Å². The smallest absolute Gasteiger partial charge is 0.203 e. The Morgan fingerprint density at radius 1 is 1.04 bits per heavy atom. The maximum Gasteiger partial charge on any atom is 0.203 e. The molecule has 0 fully saturated rings. The van der Waals surface area contributed by atoms with Gasteiger partial charge in [0.15, 0.2) is 24.0 Å². The van der Waals surface area contributed by atoms with Crippen molar-refractivity contribution in [2.24, 2.45) is 0 Å². The molecule has 1 aromatic heterocycles. The minimum atomic E-state index is -1.68. The Morgan fingerprint density at radius 3 is 2.39 bits per heavy atom. The highest BCUT2D eigenvalue weighted by molar-refractivity contribution is 6.08. The van der Waals surface area contributed by atoms with Gasteiger partial charge in [0, 0.05) is 28.7 Å². The van der Waals surface area contributed by atoms with Crippen molar-refractivity contribution in [2.45, 2.75) is 0 Å². The van der Waals surface area contributed by atoms with Gasteiger partial charge in [0.1, 0.15) is 0 Å². The van der Waals surface area contributed by atoms with Crippen LogP contribution in [0.5, 0.6) is 5.75 Å². The number of benzene rings is 2. The Morgan fingerprint density at radius 2 is 1.70 bits per heavy atom. The van der Waals surface area contributed by atoms with Gasteiger partial charge in [0.2, 0.25) is 17.4 Å². The molecule has 0 radical (unpaired) electrons. The second-order valence-corrected chi connectivity index (χ2v) is 4.76. The first-order valence-corrected chi connectivity index (χ1v) is 6.54. The number of halogens is 4. The molecule has 0 atom stereocenters. The van der Waals surface area contributed by atoms with Gasteiger partial charge in [-0.05, 0) is 6.07 Å². The van der Waals surface area contributed by atoms with Crippen molar-refractivity contribution in [2.75, 3.05) is 6.61 Å². The molecular weight excluding hydrogens is 314 g/mol. The van der Waals surface area contributed by atoms with E-state index in [2.05, 4.69) is 9.72 Å². The zero-order valence-electron chi connectivity index (χ0n) is 11.5. The predicted molar refractivity (Wildman–Crippen MR) is 74.4 cm³/mol. The summed E-state index contributed by atoms with van der Waals surface area (Å²) in [6.45, 7) is -0.765. The monoisotopic (exact) mass is 323 g/mol. The number of rotatable bonds is 4. The number of ketones is 1. The second-order valence-electron chi connectivity index (χ2n) is 4.76. The van der Waals surface area contributed by atoms with Gasteiger partial charge in [-0.1, -0.05) is 18.2 Å². The van der Waals surface area contributed by atoms with Crippen LogP contribution in [0.3, 0.4) is 0 Å². The number of para-hydroxylation sites is 1. The average Bonchev–Trinajstić information content (AvgIpc) is 2.97. The van der Waals surface area contributed by atoms with Gasteiger partial charge >= 0.3 is 0 Å². The number of hydrogen-bond donors (Lipinski definition) is 1. The number of carbonyl (C=O) groups excluding carboxylic acids is 1. The summed E-state index contributed by atoms with van der Waals surface area (Å²) in [5.74, 6) is -8.41. The van der Waals surface area contributed by atoms with Gasteiger partial charge in [-0.3, -0.25) is 4.79 Å². The number of fused-ring (bicyclic) bond motifs is 1. The van der Waals surface area contributed by atoms with Gasteiger partial charge in [-0.15, -0.1) is 0 Å². The molecule has 2 aromatic carbocycles. The van der Waals surface area contributed by atoms with E-state index in [0.29, 0.717) is 10.9 Å². The molecule has 0 bridgehead atoms. The Hall–Kier alpha value is -2.83. The highest BCUT2D eigenvalue weighted by atomic mass is 19.2. The lowest BCUT2D eigenvalue weighted by Gasteiger charge is -2.08. The van der Waals surface area contributed by atoms with Crippen molar-refractivity contribution in [3.8, 4) is 5.75 Å². The van der Waals surface area contributed by atoms with Gasteiger partial charge in [0.25, 0.3) is 0 Å². The van der Waals surface area contributed by atoms with Crippen molar-refractivity contribution in [1.82, 2.24) is 4.98 Å². The standard InChI is InChI=1S/C16H9F4NO2/c17-10-5-11(18)15(20)16(14(10)19)23-7-13(22)9-6-21-12-4-2-1-3-8(9)12/h1-6,21H,7H2. The van der Waals surface area contributed by atoms with E-state index in [1.807, 2.05) is 0 Å². The first-order valence-electron chi connectivity index (χ1n) is 6.54. The Balaban J connectivity index is 1.85. The summed E-state index contributed by atoms with van der Waals surface area (Å²) >= 11 is 0. The zero-order valence-corrected chi connectivity index (χ0v) is 11.5. The molecule has 0 aliphatic carbocycles. The maximum absolute atomic E-state index is 13.5. The molecule has 0 unspecified atom stereocenters. The van der Waals surface area contributed by atoms with Crippen LogP contribution in [0, 0.1) is 23.3 Å². The molecular formula is C16H9F4NO2. The lowest BCUT2D eigenvalue weighted by molar-refractivity contribution is 0.0915. The van der Waals surface area contributed by atoms with Gasteiger partial charge in [-0.2, -0.15) is 8.78 Å². The molecule has 0 saturated heterocycles. The summed E-state index contributed by atoms with van der Waals surface area (Å²) in [6.07, 6.45) is 1.43. The largest absolute Gasteiger partial charge is 0.479 e. The highest BCUT2D eigenvalue weighted by Crippen LogP contribution is 2.27. The third-order valence-electron chi connectivity index (χ3n) is 3.31. The predicted octanol–water partition coefficient (Wildman–Crippen LogP) is 3.99. The lowest BCUT2D eigenvalue weighted by Crippen LogP contribution is -2.13. The van der Waals surface area contributed by atoms with Crippen molar-refractivity contribution in [3.63, 3.8) is 0 Å². The molecule has 0 saturated carbocycles. The number of nitrogens with one attached hydrogen (secondary N) is 1. The third-order valence-corrected chi connectivity index (χ3v) is 3.31. The topological polar surface area (TPSA) is 42.1 Å². The number of H-pyrrole nitrogens is 1. The molecule has 0 aliphatic rings. The Bertz CT molecular complexity index is 878. The van der Waals surface area contributed by atoms with Crippen LogP contribution in [-0.2, 0) is 0 Å². The van der Waals surface area contributed by atoms with Crippen LogP contribution in [0.25, 0.3) is 10.9 Å².